The van der Waals surface area contributed by atoms with Crippen LogP contribution in [0.3, 0.4) is 0 Å². The van der Waals surface area contributed by atoms with Crippen LogP contribution in [0.25, 0.3) is 46.4 Å². The quantitative estimate of drug-likeness (QED) is 0.250. The maximum absolute atomic E-state index is 9.75. The highest BCUT2D eigenvalue weighted by Crippen LogP contribution is 2.17. The molecular weight excluding hydrogens is 383 g/mol. The van der Waals surface area contributed by atoms with Gasteiger partial charge in [0.2, 0.25) is 0 Å². The van der Waals surface area contributed by atoms with Crippen LogP contribution in [0.5, 0.6) is 0 Å². The van der Waals surface area contributed by atoms with E-state index < -0.39 is 7.25 Å². The number of hydrogen-bond acceptors (Lipinski definition) is 2. The third kappa shape index (κ3) is 5.22. The van der Waals surface area contributed by atoms with Gasteiger partial charge in [0.1, 0.15) is 0 Å². The highest BCUT2D eigenvalue weighted by Gasteiger charge is 2.20. The molecule has 3 aromatic heterocycles. The normalized spacial score (nSPS) is 12.6. The molecule has 8 bridgehead atoms. The first kappa shape index (κ1) is 18.7. The van der Waals surface area contributed by atoms with Crippen LogP contribution in [0.2, 0.25) is 0 Å². The van der Waals surface area contributed by atoms with E-state index >= 15 is 0 Å². The van der Waals surface area contributed by atoms with Crippen LogP contribution in [0.1, 0.15) is 22.8 Å². The zero-order valence-electron chi connectivity index (χ0n) is 14.9. The number of hydrogen-bond donors (Lipinski definition) is 2. The van der Waals surface area contributed by atoms with E-state index in [-0.39, 0.29) is 0 Å². The Morgan fingerprint density at radius 2 is 0.759 bits per heavy atom. The summed E-state index contributed by atoms with van der Waals surface area (Å²) in [5.41, 5.74) is 7.86. The minimum absolute atomic E-state index is 0.939. The summed E-state index contributed by atoms with van der Waals surface area (Å²) in [6.45, 7) is 0. The summed E-state index contributed by atoms with van der Waals surface area (Å²) < 4.78 is 39.0. The predicted molar refractivity (Wildman–Crippen MR) is 109 cm³/mol. The first-order chi connectivity index (χ1) is 13.8. The fraction of sp³-hybridized carbons (Fsp3) is 0. The number of fused-ring (bicyclic) bond motifs is 8. The van der Waals surface area contributed by atoms with Crippen LogP contribution in [-0.2, 0) is 0 Å². The average Bonchev–Trinajstić information content (AvgIpc) is 3.38. The first-order valence-corrected chi connectivity index (χ1v) is 8.72. The van der Waals surface area contributed by atoms with E-state index in [1.54, 1.807) is 0 Å². The largest absolute Gasteiger partial charge is 0.673 e. The van der Waals surface area contributed by atoms with Crippen LogP contribution in [-0.4, -0.2) is 27.2 Å². The molecule has 0 saturated carbocycles. The van der Waals surface area contributed by atoms with Crippen molar-refractivity contribution in [2.75, 3.05) is 0 Å². The molecule has 0 atom stereocenters. The second-order valence-corrected chi connectivity index (χ2v) is 6.40. The number of rotatable bonds is 0. The molecule has 29 heavy (non-hydrogen) atoms. The van der Waals surface area contributed by atoms with E-state index in [1.807, 2.05) is 48.6 Å². The van der Waals surface area contributed by atoms with Gasteiger partial charge in [0.15, 0.2) is 0 Å². The summed E-state index contributed by atoms with van der Waals surface area (Å²) in [5.74, 6) is 0. The molecule has 0 aliphatic carbocycles. The Bertz CT molecular complexity index is 1090. The summed E-state index contributed by atoms with van der Waals surface area (Å²) in [6, 6.07) is 16.4. The van der Waals surface area contributed by atoms with Gasteiger partial charge in [0, 0.05) is 22.1 Å². The molecule has 5 heterocycles. The molecule has 0 amide bonds. The topological polar surface area (TPSA) is 57.4 Å². The number of nitrogens with one attached hydrogen (secondary N) is 2. The van der Waals surface area contributed by atoms with Crippen LogP contribution < -0.4 is 0 Å². The Morgan fingerprint density at radius 1 is 0.517 bits per heavy atom. The molecule has 0 spiro atoms. The average molecular weight is 397 g/mol. The molecule has 0 fully saturated rings. The fourth-order valence-electron chi connectivity index (χ4n) is 2.94. The number of nitrogens with zero attached hydrogens (tertiary/aromatic N) is 2. The van der Waals surface area contributed by atoms with E-state index in [1.165, 1.54) is 0 Å². The smallest absolute Gasteiger partial charge is 0.418 e. The molecule has 0 unspecified atom stereocenters. The highest BCUT2D eigenvalue weighted by molar-refractivity contribution is 6.50. The molecule has 5 rings (SSSR count). The van der Waals surface area contributed by atoms with Gasteiger partial charge in [0.05, 0.1) is 22.8 Å². The number of aromatic amines is 2. The Hall–Kier alpha value is -3.62. The lowest BCUT2D eigenvalue weighted by Gasteiger charge is -1.94. The van der Waals surface area contributed by atoms with Gasteiger partial charge < -0.3 is 27.2 Å². The Morgan fingerprint density at radius 3 is 1.00 bits per heavy atom. The van der Waals surface area contributed by atoms with Gasteiger partial charge in [-0.25, -0.2) is 9.97 Å². The van der Waals surface area contributed by atoms with Gasteiger partial charge in [0.25, 0.3) is 0 Å². The van der Waals surface area contributed by atoms with Crippen molar-refractivity contribution in [3.8, 4) is 0 Å². The van der Waals surface area contributed by atoms with E-state index in [0.717, 1.165) is 44.8 Å². The summed E-state index contributed by atoms with van der Waals surface area (Å²) >= 11 is 0. The molecule has 2 N–H and O–H groups in total. The van der Waals surface area contributed by atoms with E-state index in [4.69, 9.17) is 0 Å². The molecule has 146 valence electrons. The molecule has 0 aromatic carbocycles. The second-order valence-electron chi connectivity index (χ2n) is 6.40. The van der Waals surface area contributed by atoms with Crippen molar-refractivity contribution in [2.45, 2.75) is 0 Å². The molecular formula is C20H14BF4N4-. The Kier molecular flexibility index (Phi) is 4.80. The van der Waals surface area contributed by atoms with Gasteiger partial charge in [-0.1, -0.05) is 0 Å². The van der Waals surface area contributed by atoms with Crippen LogP contribution in [0, 0.1) is 0 Å². The molecule has 3 aromatic rings. The van der Waals surface area contributed by atoms with Crippen LogP contribution in [0.15, 0.2) is 48.5 Å². The third-order valence-corrected chi connectivity index (χ3v) is 4.04. The van der Waals surface area contributed by atoms with Crippen molar-refractivity contribution in [3.05, 3.63) is 71.3 Å². The lowest BCUT2D eigenvalue weighted by Crippen LogP contribution is -2.02. The predicted octanol–water partition coefficient (Wildman–Crippen LogP) is 5.96. The zero-order valence-corrected chi connectivity index (χ0v) is 14.9. The maximum atomic E-state index is 9.75. The lowest BCUT2D eigenvalue weighted by molar-refractivity contribution is 0.368. The minimum atomic E-state index is -6.00. The second kappa shape index (κ2) is 7.42. The van der Waals surface area contributed by atoms with Crippen molar-refractivity contribution in [3.63, 3.8) is 0 Å². The van der Waals surface area contributed by atoms with Gasteiger partial charge >= 0.3 is 7.25 Å². The van der Waals surface area contributed by atoms with Crippen molar-refractivity contribution in [2.24, 2.45) is 0 Å². The number of H-pyrrole nitrogens is 2. The van der Waals surface area contributed by atoms with Gasteiger partial charge in [-0.3, -0.25) is 0 Å². The van der Waals surface area contributed by atoms with Gasteiger partial charge in [-0.05, 0) is 72.8 Å². The maximum Gasteiger partial charge on any atom is 0.673 e. The molecule has 2 aliphatic heterocycles. The summed E-state index contributed by atoms with van der Waals surface area (Å²) in [6.07, 6.45) is 8.09. The lowest BCUT2D eigenvalue weighted by atomic mass is 10.3. The van der Waals surface area contributed by atoms with Crippen molar-refractivity contribution < 1.29 is 17.3 Å². The zero-order chi connectivity index (χ0) is 20.4. The minimum Gasteiger partial charge on any atom is -0.418 e. The third-order valence-electron chi connectivity index (χ3n) is 4.04. The van der Waals surface area contributed by atoms with Gasteiger partial charge in [-0.15, -0.1) is 0 Å². The van der Waals surface area contributed by atoms with Crippen molar-refractivity contribution in [1.82, 2.24) is 19.9 Å². The van der Waals surface area contributed by atoms with Gasteiger partial charge in [-0.2, -0.15) is 0 Å². The monoisotopic (exact) mass is 397 g/mol. The van der Waals surface area contributed by atoms with Crippen LogP contribution in [0.4, 0.5) is 17.3 Å². The fourth-order valence-corrected chi connectivity index (χ4v) is 2.94. The van der Waals surface area contributed by atoms with E-state index in [2.05, 4.69) is 44.2 Å². The van der Waals surface area contributed by atoms with Crippen LogP contribution >= 0.6 is 0 Å². The summed E-state index contributed by atoms with van der Waals surface area (Å²) in [7, 11) is -6.00. The summed E-state index contributed by atoms with van der Waals surface area (Å²) in [4.78, 5) is 16.0. The van der Waals surface area contributed by atoms with E-state index in [9.17, 15) is 17.3 Å². The SMILES string of the molecule is C1=Cc2cc3ccc(cc4nc(cc5ccc(cc1n2)[nH]5)C=C4)[nH]3.F[B-](F)(F)F. The van der Waals surface area contributed by atoms with Crippen molar-refractivity contribution in [1.29, 1.82) is 0 Å². The van der Waals surface area contributed by atoms with Crippen molar-refractivity contribution >= 4 is 53.6 Å². The standard InChI is InChI=1S/C20H14N4.BF4/c1-2-14-10-16-5-6-18(23-16)12-20-8-7-19(24-20)11-17-4-3-15(22-17)9-13(1)21-14;2-1(3,4)5/h1-12,21,24H;/q;-1. The Labute approximate surface area is 162 Å². The van der Waals surface area contributed by atoms with E-state index in [0.29, 0.717) is 0 Å². The highest BCUT2D eigenvalue weighted by atomic mass is 19.5. The molecule has 0 saturated heterocycles. The summed E-state index contributed by atoms with van der Waals surface area (Å²) in [5, 5.41) is 0. The molecule has 2 aliphatic rings. The Balaban J connectivity index is 0.000000369. The first-order valence-electron chi connectivity index (χ1n) is 8.72. The molecule has 4 nitrogen and oxygen atoms in total. The number of aromatic nitrogens is 4. The molecule has 0 radical (unpaired) electrons. The number of halogens is 4. The molecule has 9 heteroatoms.